The predicted octanol–water partition coefficient (Wildman–Crippen LogP) is 3.03. The van der Waals surface area contributed by atoms with Crippen molar-refractivity contribution in [3.63, 3.8) is 0 Å². The molecular formula is C22H25N11. The van der Waals surface area contributed by atoms with Crippen LogP contribution in [-0.2, 0) is 0 Å². The van der Waals surface area contributed by atoms with Crippen LogP contribution in [0.25, 0.3) is 44.6 Å². The lowest BCUT2D eigenvalue weighted by Gasteiger charge is -2.46. The monoisotopic (exact) mass is 443 g/mol. The van der Waals surface area contributed by atoms with Crippen molar-refractivity contribution in [1.29, 1.82) is 0 Å². The predicted molar refractivity (Wildman–Crippen MR) is 123 cm³/mol. The Morgan fingerprint density at radius 2 is 1.67 bits per heavy atom. The summed E-state index contributed by atoms with van der Waals surface area (Å²) in [5.41, 5.74) is 6.26. The van der Waals surface area contributed by atoms with Crippen LogP contribution in [0.5, 0.6) is 0 Å². The zero-order chi connectivity index (χ0) is 22.8. The number of fused-ring (bicyclic) bond motifs is 2. The molecule has 5 aromatic rings. The standard InChI is InChI=1S/C22H25N11/c1-21(2)8-13(9-22(3,4)30-21)33-20-17(26-32-33)7-16(25-29-20)15-6-5-14(12-10-23-24-11-12)18-19(15)28-31-27-18/h5-7,10-11,13,30H,8-9H2,1-4H3,(H,23,24)(H,27,28,31). The van der Waals surface area contributed by atoms with Crippen molar-refractivity contribution in [1.82, 2.24) is 56.1 Å². The van der Waals surface area contributed by atoms with Crippen LogP contribution in [-0.4, -0.2) is 61.9 Å². The van der Waals surface area contributed by atoms with E-state index in [1.165, 1.54) is 0 Å². The Balaban J connectivity index is 1.41. The summed E-state index contributed by atoms with van der Waals surface area (Å²) >= 11 is 0. The van der Waals surface area contributed by atoms with Gasteiger partial charge in [0.2, 0.25) is 5.65 Å². The number of nitrogens with one attached hydrogen (secondary N) is 3. The molecule has 1 fully saturated rings. The fraction of sp³-hybridized carbons (Fsp3) is 0.409. The van der Waals surface area contributed by atoms with E-state index in [-0.39, 0.29) is 17.1 Å². The van der Waals surface area contributed by atoms with Crippen LogP contribution in [0, 0.1) is 0 Å². The number of benzene rings is 1. The van der Waals surface area contributed by atoms with E-state index in [4.69, 9.17) is 0 Å². The number of aromatic nitrogens is 10. The van der Waals surface area contributed by atoms with Crippen LogP contribution < -0.4 is 5.32 Å². The van der Waals surface area contributed by atoms with Crippen LogP contribution in [0.1, 0.15) is 46.6 Å². The first-order chi connectivity index (χ1) is 15.8. The summed E-state index contributed by atoms with van der Waals surface area (Å²) in [6, 6.07) is 6.08. The van der Waals surface area contributed by atoms with Gasteiger partial charge in [-0.1, -0.05) is 11.3 Å². The van der Waals surface area contributed by atoms with E-state index in [2.05, 4.69) is 79.1 Å². The third-order valence-electron chi connectivity index (χ3n) is 6.30. The fourth-order valence-corrected chi connectivity index (χ4v) is 5.34. The maximum absolute atomic E-state index is 4.55. The number of aromatic amines is 2. The average Bonchev–Trinajstić information content (AvgIpc) is 3.50. The van der Waals surface area contributed by atoms with E-state index in [0.717, 1.165) is 40.6 Å². The highest BCUT2D eigenvalue weighted by Crippen LogP contribution is 2.37. The molecule has 1 saturated heterocycles. The molecule has 4 aromatic heterocycles. The molecule has 33 heavy (non-hydrogen) atoms. The molecule has 1 aliphatic heterocycles. The van der Waals surface area contributed by atoms with E-state index in [0.29, 0.717) is 16.9 Å². The van der Waals surface area contributed by atoms with Gasteiger partial charge in [0.15, 0.2) is 0 Å². The van der Waals surface area contributed by atoms with Gasteiger partial charge < -0.3 is 5.32 Å². The fourth-order valence-electron chi connectivity index (χ4n) is 5.34. The van der Waals surface area contributed by atoms with Gasteiger partial charge in [-0.2, -0.15) is 20.5 Å². The zero-order valence-corrected chi connectivity index (χ0v) is 19.0. The Kier molecular flexibility index (Phi) is 4.15. The minimum absolute atomic E-state index is 0.00660. The highest BCUT2D eigenvalue weighted by Gasteiger charge is 2.39. The second kappa shape index (κ2) is 6.88. The van der Waals surface area contributed by atoms with Crippen molar-refractivity contribution < 1.29 is 0 Å². The number of hydrogen-bond donors (Lipinski definition) is 3. The third kappa shape index (κ3) is 3.35. The molecule has 6 rings (SSSR count). The van der Waals surface area contributed by atoms with E-state index in [1.54, 1.807) is 6.20 Å². The molecule has 1 aliphatic rings. The number of H-pyrrole nitrogens is 2. The van der Waals surface area contributed by atoms with Gasteiger partial charge in [0, 0.05) is 34.0 Å². The Labute approximate surface area is 189 Å². The van der Waals surface area contributed by atoms with E-state index < -0.39 is 0 Å². The SMILES string of the molecule is CC1(C)CC(n2nnc3cc(-c4ccc(-c5cn[nH]c5)c5n[nH]nc45)nnc32)CC(C)(C)N1. The lowest BCUT2D eigenvalue weighted by Crippen LogP contribution is -2.58. The van der Waals surface area contributed by atoms with E-state index in [1.807, 2.05) is 29.1 Å². The van der Waals surface area contributed by atoms with E-state index >= 15 is 0 Å². The molecule has 3 N–H and O–H groups in total. The molecule has 0 radical (unpaired) electrons. The van der Waals surface area contributed by atoms with Gasteiger partial charge in [0.25, 0.3) is 0 Å². The molecule has 0 amide bonds. The second-order valence-electron chi connectivity index (χ2n) is 10.1. The molecular weight excluding hydrogens is 418 g/mol. The van der Waals surface area contributed by atoms with Gasteiger partial charge in [-0.3, -0.25) is 5.10 Å². The summed E-state index contributed by atoms with van der Waals surface area (Å²) in [5, 5.41) is 40.0. The molecule has 0 bridgehead atoms. The Morgan fingerprint density at radius 1 is 0.939 bits per heavy atom. The van der Waals surface area contributed by atoms with Crippen molar-refractivity contribution >= 4 is 22.2 Å². The molecule has 5 heterocycles. The van der Waals surface area contributed by atoms with Crippen molar-refractivity contribution in [3.05, 3.63) is 30.6 Å². The number of rotatable bonds is 3. The molecule has 1 aromatic carbocycles. The zero-order valence-electron chi connectivity index (χ0n) is 19.0. The smallest absolute Gasteiger partial charge is 0.201 e. The molecule has 11 nitrogen and oxygen atoms in total. The summed E-state index contributed by atoms with van der Waals surface area (Å²) < 4.78 is 1.93. The molecule has 0 spiro atoms. The molecule has 0 atom stereocenters. The van der Waals surface area contributed by atoms with Crippen LogP contribution >= 0.6 is 0 Å². The van der Waals surface area contributed by atoms with Gasteiger partial charge in [-0.15, -0.1) is 15.3 Å². The van der Waals surface area contributed by atoms with Crippen molar-refractivity contribution in [2.45, 2.75) is 57.7 Å². The maximum Gasteiger partial charge on any atom is 0.201 e. The Bertz CT molecular complexity index is 1440. The molecule has 0 unspecified atom stereocenters. The maximum atomic E-state index is 4.55. The van der Waals surface area contributed by atoms with Gasteiger partial charge in [0.05, 0.1) is 17.9 Å². The minimum Gasteiger partial charge on any atom is -0.307 e. The van der Waals surface area contributed by atoms with Gasteiger partial charge in [-0.05, 0) is 52.7 Å². The number of piperidine rings is 1. The Morgan fingerprint density at radius 3 is 2.39 bits per heavy atom. The van der Waals surface area contributed by atoms with Crippen LogP contribution in [0.15, 0.2) is 30.6 Å². The van der Waals surface area contributed by atoms with Gasteiger partial charge in [0.1, 0.15) is 16.6 Å². The van der Waals surface area contributed by atoms with Gasteiger partial charge in [-0.25, -0.2) is 4.68 Å². The number of hydrogen-bond acceptors (Lipinski definition) is 8. The van der Waals surface area contributed by atoms with Gasteiger partial charge >= 0.3 is 0 Å². The van der Waals surface area contributed by atoms with Crippen molar-refractivity contribution in [3.8, 4) is 22.4 Å². The quantitative estimate of drug-likeness (QED) is 0.387. The van der Waals surface area contributed by atoms with E-state index in [9.17, 15) is 0 Å². The van der Waals surface area contributed by atoms with Crippen LogP contribution in [0.4, 0.5) is 0 Å². The highest BCUT2D eigenvalue weighted by molar-refractivity contribution is 5.99. The summed E-state index contributed by atoms with van der Waals surface area (Å²) in [5.74, 6) is 0. The van der Waals surface area contributed by atoms with Crippen LogP contribution in [0.3, 0.4) is 0 Å². The summed E-state index contributed by atoms with van der Waals surface area (Å²) in [6.07, 6.45) is 5.47. The average molecular weight is 444 g/mol. The lowest BCUT2D eigenvalue weighted by molar-refractivity contribution is 0.127. The third-order valence-corrected chi connectivity index (χ3v) is 6.30. The Hall–Kier alpha value is -3.73. The normalized spacial score (nSPS) is 18.3. The minimum atomic E-state index is -0.00660. The topological polar surface area (TPSA) is 139 Å². The largest absolute Gasteiger partial charge is 0.307 e. The molecule has 0 aliphatic carbocycles. The molecule has 168 valence electrons. The highest BCUT2D eigenvalue weighted by atomic mass is 15.5. The first kappa shape index (κ1) is 19.9. The number of nitrogens with zero attached hydrogens (tertiary/aromatic N) is 8. The molecule has 11 heteroatoms. The summed E-state index contributed by atoms with van der Waals surface area (Å²) in [7, 11) is 0. The molecule has 0 saturated carbocycles. The van der Waals surface area contributed by atoms with Crippen molar-refractivity contribution in [2.75, 3.05) is 0 Å². The van der Waals surface area contributed by atoms with Crippen LogP contribution in [0.2, 0.25) is 0 Å². The van der Waals surface area contributed by atoms with Crippen molar-refractivity contribution in [2.24, 2.45) is 0 Å². The first-order valence-corrected chi connectivity index (χ1v) is 11.0. The summed E-state index contributed by atoms with van der Waals surface area (Å²) in [4.78, 5) is 0. The summed E-state index contributed by atoms with van der Waals surface area (Å²) in [6.45, 7) is 8.89. The second-order valence-corrected chi connectivity index (χ2v) is 10.1. The first-order valence-electron chi connectivity index (χ1n) is 11.0. The lowest BCUT2D eigenvalue weighted by atomic mass is 9.80.